The van der Waals surface area contributed by atoms with Crippen molar-refractivity contribution in [3.05, 3.63) is 95.2 Å². The lowest BCUT2D eigenvalue weighted by atomic mass is 9.78. The lowest BCUT2D eigenvalue weighted by Gasteiger charge is -2.30. The molecule has 0 spiro atoms. The summed E-state index contributed by atoms with van der Waals surface area (Å²) in [5.74, 6) is 1.93. The average Bonchev–Trinajstić information content (AvgIpc) is 3.04. The van der Waals surface area contributed by atoms with Crippen molar-refractivity contribution >= 4 is 17.2 Å². The van der Waals surface area contributed by atoms with E-state index in [0.717, 1.165) is 58.1 Å². The molecule has 2 atom stereocenters. The van der Waals surface area contributed by atoms with Gasteiger partial charge in [-0.25, -0.2) is 0 Å². The summed E-state index contributed by atoms with van der Waals surface area (Å²) in [5.41, 5.74) is 5.94. The number of hydrogen-bond acceptors (Lipinski definition) is 5. The van der Waals surface area contributed by atoms with Crippen molar-refractivity contribution in [1.82, 2.24) is 0 Å². The van der Waals surface area contributed by atoms with Gasteiger partial charge in [0.15, 0.2) is 5.78 Å². The highest BCUT2D eigenvalue weighted by molar-refractivity contribution is 6.01. The molecule has 3 aromatic rings. The molecule has 5 rings (SSSR count). The lowest BCUT2D eigenvalue weighted by Crippen LogP contribution is -2.26. The van der Waals surface area contributed by atoms with Crippen molar-refractivity contribution in [3.8, 4) is 11.5 Å². The van der Waals surface area contributed by atoms with E-state index < -0.39 is 0 Å². The van der Waals surface area contributed by atoms with Gasteiger partial charge < -0.3 is 20.1 Å². The molecule has 5 heteroatoms. The van der Waals surface area contributed by atoms with Crippen LogP contribution in [0.5, 0.6) is 11.5 Å². The minimum Gasteiger partial charge on any atom is -0.497 e. The number of anilines is 2. The minimum absolute atomic E-state index is 0.101. The zero-order chi connectivity index (χ0) is 23.5. The van der Waals surface area contributed by atoms with Crippen LogP contribution in [0.4, 0.5) is 11.4 Å². The van der Waals surface area contributed by atoms with Crippen LogP contribution in [0.25, 0.3) is 0 Å². The standard InChI is InChI=1S/C29H30N2O3/c1-3-15-34-22-13-11-19(12-14-22)29-28-26(30-24-9-4-5-10-25(24)31-29)17-21(18-27(28)32)20-7-6-8-23(16-20)33-2/h4-14,16,21,29-31H,3,15,17-18H2,1-2H3/t21-,29-/m1/s1. The number of para-hydroxylation sites is 2. The molecule has 0 aromatic heterocycles. The van der Waals surface area contributed by atoms with E-state index in [1.165, 1.54) is 0 Å². The van der Waals surface area contributed by atoms with E-state index in [1.807, 2.05) is 42.5 Å². The molecule has 0 unspecified atom stereocenters. The molecule has 1 heterocycles. The molecule has 1 aliphatic carbocycles. The van der Waals surface area contributed by atoms with E-state index in [2.05, 4.69) is 47.9 Å². The Labute approximate surface area is 200 Å². The predicted molar refractivity (Wildman–Crippen MR) is 136 cm³/mol. The van der Waals surface area contributed by atoms with E-state index in [9.17, 15) is 4.79 Å². The van der Waals surface area contributed by atoms with Crippen molar-refractivity contribution in [3.63, 3.8) is 0 Å². The number of fused-ring (bicyclic) bond motifs is 1. The number of carbonyl (C=O) groups is 1. The molecule has 0 amide bonds. The fraction of sp³-hybridized carbons (Fsp3) is 0.276. The van der Waals surface area contributed by atoms with Gasteiger partial charge in [-0.3, -0.25) is 4.79 Å². The van der Waals surface area contributed by atoms with E-state index in [0.29, 0.717) is 13.0 Å². The Balaban J connectivity index is 1.53. The van der Waals surface area contributed by atoms with Crippen LogP contribution in [0.2, 0.25) is 0 Å². The van der Waals surface area contributed by atoms with Gasteiger partial charge in [0, 0.05) is 17.7 Å². The molecule has 0 bridgehead atoms. The van der Waals surface area contributed by atoms with E-state index in [-0.39, 0.29) is 17.7 Å². The second kappa shape index (κ2) is 9.64. The van der Waals surface area contributed by atoms with Crippen LogP contribution in [0.3, 0.4) is 0 Å². The zero-order valence-electron chi connectivity index (χ0n) is 19.6. The fourth-order valence-corrected chi connectivity index (χ4v) is 4.85. The van der Waals surface area contributed by atoms with Crippen molar-refractivity contribution in [1.29, 1.82) is 0 Å². The summed E-state index contributed by atoms with van der Waals surface area (Å²) in [4.78, 5) is 13.7. The van der Waals surface area contributed by atoms with Crippen LogP contribution in [0.15, 0.2) is 84.1 Å². The van der Waals surface area contributed by atoms with E-state index in [1.54, 1.807) is 7.11 Å². The third-order valence-corrected chi connectivity index (χ3v) is 6.56. The lowest BCUT2D eigenvalue weighted by molar-refractivity contribution is -0.116. The summed E-state index contributed by atoms with van der Waals surface area (Å²) < 4.78 is 11.2. The highest BCUT2D eigenvalue weighted by atomic mass is 16.5. The molecule has 2 N–H and O–H groups in total. The predicted octanol–water partition coefficient (Wildman–Crippen LogP) is 6.46. The molecule has 3 aromatic carbocycles. The van der Waals surface area contributed by atoms with Crippen molar-refractivity contribution in [2.45, 2.75) is 38.1 Å². The SMILES string of the molecule is CCCOc1ccc([C@H]2Nc3ccccc3NC3=C2C(=O)C[C@H](c2cccc(OC)c2)C3)cc1. The molecule has 174 valence electrons. The maximum Gasteiger partial charge on any atom is 0.163 e. The molecule has 1 aliphatic heterocycles. The number of allylic oxidation sites excluding steroid dienone is 1. The second-order valence-electron chi connectivity index (χ2n) is 8.86. The number of ketones is 1. The van der Waals surface area contributed by atoms with Crippen molar-refractivity contribution in [2.75, 3.05) is 24.4 Å². The smallest absolute Gasteiger partial charge is 0.163 e. The maximum absolute atomic E-state index is 13.7. The first kappa shape index (κ1) is 22.1. The van der Waals surface area contributed by atoms with Crippen LogP contribution in [0, 0.1) is 0 Å². The monoisotopic (exact) mass is 454 g/mol. The van der Waals surface area contributed by atoms with Gasteiger partial charge in [0.25, 0.3) is 0 Å². The number of nitrogens with one attached hydrogen (secondary N) is 2. The second-order valence-corrected chi connectivity index (χ2v) is 8.86. The van der Waals surface area contributed by atoms with Gasteiger partial charge in [-0.05, 0) is 66.3 Å². The Morgan fingerprint density at radius 1 is 0.882 bits per heavy atom. The molecular weight excluding hydrogens is 424 g/mol. The fourth-order valence-electron chi connectivity index (χ4n) is 4.85. The number of carbonyl (C=O) groups excluding carboxylic acids is 1. The maximum atomic E-state index is 13.7. The van der Waals surface area contributed by atoms with E-state index >= 15 is 0 Å². The number of Topliss-reactive ketones (excluding diaryl/α,β-unsaturated/α-hetero) is 1. The molecule has 0 radical (unpaired) electrons. The summed E-state index contributed by atoms with van der Waals surface area (Å²) in [6.45, 7) is 2.79. The number of methoxy groups -OCH3 is 1. The highest BCUT2D eigenvalue weighted by Crippen LogP contribution is 2.44. The molecule has 2 aliphatic rings. The normalized spacial score (nSPS) is 19.3. The Morgan fingerprint density at radius 3 is 2.44 bits per heavy atom. The zero-order valence-corrected chi connectivity index (χ0v) is 19.6. The van der Waals surface area contributed by atoms with Crippen LogP contribution >= 0.6 is 0 Å². The highest BCUT2D eigenvalue weighted by Gasteiger charge is 2.36. The van der Waals surface area contributed by atoms with Gasteiger partial charge in [-0.2, -0.15) is 0 Å². The third kappa shape index (κ3) is 4.38. The molecule has 5 nitrogen and oxygen atoms in total. The van der Waals surface area contributed by atoms with Gasteiger partial charge in [-0.1, -0.05) is 43.3 Å². The Hall–Kier alpha value is -3.73. The Bertz CT molecular complexity index is 1220. The first-order chi connectivity index (χ1) is 16.7. The Kier molecular flexibility index (Phi) is 6.26. The van der Waals surface area contributed by atoms with Crippen LogP contribution in [-0.2, 0) is 4.79 Å². The van der Waals surface area contributed by atoms with Gasteiger partial charge in [-0.15, -0.1) is 0 Å². The van der Waals surface area contributed by atoms with Gasteiger partial charge in [0.1, 0.15) is 11.5 Å². The summed E-state index contributed by atoms with van der Waals surface area (Å²) in [7, 11) is 1.67. The van der Waals surface area contributed by atoms with Gasteiger partial charge in [0.2, 0.25) is 0 Å². The van der Waals surface area contributed by atoms with E-state index in [4.69, 9.17) is 9.47 Å². The molecule has 0 saturated heterocycles. The molecule has 34 heavy (non-hydrogen) atoms. The summed E-state index contributed by atoms with van der Waals surface area (Å²) >= 11 is 0. The Morgan fingerprint density at radius 2 is 1.68 bits per heavy atom. The topological polar surface area (TPSA) is 59.6 Å². The number of ether oxygens (including phenoxy) is 2. The van der Waals surface area contributed by atoms with Gasteiger partial charge >= 0.3 is 0 Å². The van der Waals surface area contributed by atoms with Crippen molar-refractivity contribution in [2.24, 2.45) is 0 Å². The first-order valence-corrected chi connectivity index (χ1v) is 11.9. The van der Waals surface area contributed by atoms with Crippen molar-refractivity contribution < 1.29 is 14.3 Å². The first-order valence-electron chi connectivity index (χ1n) is 11.9. The largest absolute Gasteiger partial charge is 0.497 e. The van der Waals surface area contributed by atoms with Crippen LogP contribution in [0.1, 0.15) is 49.3 Å². The summed E-state index contributed by atoms with van der Waals surface area (Å²) in [6, 6.07) is 24.0. The quantitative estimate of drug-likeness (QED) is 0.447. The number of hydrogen-bond donors (Lipinski definition) is 2. The van der Waals surface area contributed by atoms with Crippen LogP contribution < -0.4 is 20.1 Å². The van der Waals surface area contributed by atoms with Gasteiger partial charge in [0.05, 0.1) is 31.1 Å². The van der Waals surface area contributed by atoms with Crippen LogP contribution in [-0.4, -0.2) is 19.5 Å². The molecule has 0 fully saturated rings. The third-order valence-electron chi connectivity index (χ3n) is 6.56. The summed E-state index contributed by atoms with van der Waals surface area (Å²) in [6.07, 6.45) is 2.20. The summed E-state index contributed by atoms with van der Waals surface area (Å²) in [5, 5.41) is 7.24. The molecular formula is C29H30N2O3. The minimum atomic E-state index is -0.231. The number of rotatable bonds is 6. The molecule has 0 saturated carbocycles. The number of benzene rings is 3. The average molecular weight is 455 g/mol.